The molecule has 0 atom stereocenters. The number of rotatable bonds is 5. The third-order valence-electron chi connectivity index (χ3n) is 2.86. The minimum atomic E-state index is -0.623. The lowest BCUT2D eigenvalue weighted by Gasteiger charge is -2.08. The van der Waals surface area contributed by atoms with Crippen LogP contribution >= 0.6 is 0 Å². The van der Waals surface area contributed by atoms with Crippen LogP contribution in [-0.2, 0) is 11.3 Å². The predicted octanol–water partition coefficient (Wildman–Crippen LogP) is 2.64. The second-order valence-corrected chi connectivity index (χ2v) is 4.52. The van der Waals surface area contributed by atoms with Gasteiger partial charge in [0.05, 0.1) is 0 Å². The maximum atomic E-state index is 12.0. The molecule has 0 amide bonds. The number of nitrogens with zero attached hydrogens (tertiary/aromatic N) is 1. The highest BCUT2D eigenvalue weighted by molar-refractivity contribution is 6.03. The molecule has 0 aliphatic rings. The molecule has 5 heteroatoms. The summed E-state index contributed by atoms with van der Waals surface area (Å²) < 4.78 is 5.04. The molecule has 0 radical (unpaired) electrons. The number of oxime groups is 1. The van der Waals surface area contributed by atoms with Crippen molar-refractivity contribution in [3.63, 3.8) is 0 Å². The van der Waals surface area contributed by atoms with E-state index in [0.717, 1.165) is 5.56 Å². The van der Waals surface area contributed by atoms with Crippen molar-refractivity contribution in [3.8, 4) is 5.75 Å². The Bertz CT molecular complexity index is 689. The first kappa shape index (κ1) is 14.8. The van der Waals surface area contributed by atoms with E-state index in [0.29, 0.717) is 24.5 Å². The van der Waals surface area contributed by atoms with Crippen molar-refractivity contribution in [2.45, 2.75) is 20.3 Å². The zero-order valence-corrected chi connectivity index (χ0v) is 12.0. The van der Waals surface area contributed by atoms with Crippen LogP contribution < -0.4 is 5.63 Å². The van der Waals surface area contributed by atoms with E-state index in [2.05, 4.69) is 5.16 Å². The quantitative estimate of drug-likeness (QED) is 0.678. The van der Waals surface area contributed by atoms with Crippen LogP contribution in [0, 0.1) is 6.92 Å². The van der Waals surface area contributed by atoms with Crippen LogP contribution in [0.2, 0.25) is 0 Å². The lowest BCUT2D eigenvalue weighted by molar-refractivity contribution is 0.158. The Morgan fingerprint density at radius 3 is 2.67 bits per heavy atom. The molecule has 0 spiro atoms. The predicted molar refractivity (Wildman–Crippen MR) is 79.7 cm³/mol. The second kappa shape index (κ2) is 6.74. The van der Waals surface area contributed by atoms with Crippen LogP contribution in [0.3, 0.4) is 0 Å². The first-order chi connectivity index (χ1) is 10.1. The number of aryl methyl sites for hydroxylation is 1. The van der Waals surface area contributed by atoms with E-state index in [1.54, 1.807) is 13.8 Å². The Labute approximate surface area is 122 Å². The van der Waals surface area contributed by atoms with Gasteiger partial charge in [-0.2, -0.15) is 0 Å². The fraction of sp³-hybridized carbons (Fsp3) is 0.250. The average Bonchev–Trinajstić information content (AvgIpc) is 2.44. The lowest BCUT2D eigenvalue weighted by atomic mass is 10.0. The molecule has 2 rings (SSSR count). The molecule has 0 aliphatic heterocycles. The molecule has 1 aromatic carbocycles. The SMILES string of the molecule is CCON=C(Cc1ccccc1)c1c(O)cc(C)oc1=O. The monoisotopic (exact) mass is 287 g/mol. The van der Waals surface area contributed by atoms with Crippen LogP contribution in [0.5, 0.6) is 5.75 Å². The number of hydrogen-bond donors (Lipinski definition) is 1. The topological polar surface area (TPSA) is 72.0 Å². The van der Waals surface area contributed by atoms with E-state index in [-0.39, 0.29) is 11.3 Å². The number of benzene rings is 1. The maximum Gasteiger partial charge on any atom is 0.349 e. The maximum absolute atomic E-state index is 12.0. The zero-order valence-electron chi connectivity index (χ0n) is 12.0. The normalized spacial score (nSPS) is 11.4. The summed E-state index contributed by atoms with van der Waals surface area (Å²) in [7, 11) is 0. The van der Waals surface area contributed by atoms with Crippen LogP contribution in [0.1, 0.15) is 23.8 Å². The molecule has 0 fully saturated rings. The van der Waals surface area contributed by atoms with Gasteiger partial charge in [0, 0.05) is 12.5 Å². The Balaban J connectivity index is 2.44. The molecule has 1 aromatic heterocycles. The van der Waals surface area contributed by atoms with E-state index >= 15 is 0 Å². The molecule has 110 valence electrons. The Morgan fingerprint density at radius 2 is 2.05 bits per heavy atom. The second-order valence-electron chi connectivity index (χ2n) is 4.52. The third-order valence-corrected chi connectivity index (χ3v) is 2.86. The van der Waals surface area contributed by atoms with E-state index < -0.39 is 5.63 Å². The van der Waals surface area contributed by atoms with Crippen molar-refractivity contribution in [2.75, 3.05) is 6.61 Å². The summed E-state index contributed by atoms with van der Waals surface area (Å²) >= 11 is 0. The largest absolute Gasteiger partial charge is 0.507 e. The lowest BCUT2D eigenvalue weighted by Crippen LogP contribution is -2.18. The number of hydrogen-bond acceptors (Lipinski definition) is 5. The first-order valence-corrected chi connectivity index (χ1v) is 6.68. The summed E-state index contributed by atoms with van der Waals surface area (Å²) in [6.45, 7) is 3.76. The highest BCUT2D eigenvalue weighted by atomic mass is 16.6. The van der Waals surface area contributed by atoms with Crippen molar-refractivity contribution in [3.05, 3.63) is 63.7 Å². The average molecular weight is 287 g/mol. The molecule has 2 aromatic rings. The summed E-state index contributed by atoms with van der Waals surface area (Å²) in [5.74, 6) is 0.190. The van der Waals surface area contributed by atoms with Crippen molar-refractivity contribution in [1.29, 1.82) is 0 Å². The third kappa shape index (κ3) is 3.72. The Morgan fingerprint density at radius 1 is 1.33 bits per heavy atom. The van der Waals surface area contributed by atoms with Gasteiger partial charge in [-0.3, -0.25) is 0 Å². The fourth-order valence-electron chi connectivity index (χ4n) is 1.96. The van der Waals surface area contributed by atoms with E-state index in [9.17, 15) is 9.90 Å². The van der Waals surface area contributed by atoms with Crippen LogP contribution in [-0.4, -0.2) is 17.4 Å². The molecule has 0 aliphatic carbocycles. The molecule has 1 heterocycles. The van der Waals surface area contributed by atoms with Gasteiger partial charge >= 0.3 is 5.63 Å². The number of aromatic hydroxyl groups is 1. The van der Waals surface area contributed by atoms with Crippen LogP contribution in [0.25, 0.3) is 0 Å². The molecule has 0 unspecified atom stereocenters. The Kier molecular flexibility index (Phi) is 4.77. The van der Waals surface area contributed by atoms with Gasteiger partial charge in [0.25, 0.3) is 0 Å². The summed E-state index contributed by atoms with van der Waals surface area (Å²) in [5, 5.41) is 14.0. The summed E-state index contributed by atoms with van der Waals surface area (Å²) in [5.41, 5.74) is 0.712. The fourth-order valence-corrected chi connectivity index (χ4v) is 1.96. The smallest absolute Gasteiger partial charge is 0.349 e. The molecule has 0 saturated carbocycles. The van der Waals surface area contributed by atoms with E-state index in [1.807, 2.05) is 30.3 Å². The van der Waals surface area contributed by atoms with Crippen molar-refractivity contribution in [2.24, 2.45) is 5.16 Å². The molecular weight excluding hydrogens is 270 g/mol. The molecule has 0 saturated heterocycles. The van der Waals surface area contributed by atoms with E-state index in [4.69, 9.17) is 9.25 Å². The van der Waals surface area contributed by atoms with Gasteiger partial charge in [-0.1, -0.05) is 35.5 Å². The van der Waals surface area contributed by atoms with Gasteiger partial charge in [-0.05, 0) is 19.4 Å². The molecule has 1 N–H and O–H groups in total. The summed E-state index contributed by atoms with van der Waals surface area (Å²) in [6.07, 6.45) is 0.363. The summed E-state index contributed by atoms with van der Waals surface area (Å²) in [6, 6.07) is 10.9. The van der Waals surface area contributed by atoms with Gasteiger partial charge in [-0.25, -0.2) is 4.79 Å². The van der Waals surface area contributed by atoms with Crippen LogP contribution in [0.4, 0.5) is 0 Å². The zero-order chi connectivity index (χ0) is 15.2. The van der Waals surface area contributed by atoms with Gasteiger partial charge in [-0.15, -0.1) is 0 Å². The molecular formula is C16H17NO4. The molecule has 0 bridgehead atoms. The van der Waals surface area contributed by atoms with Gasteiger partial charge < -0.3 is 14.4 Å². The minimum Gasteiger partial charge on any atom is -0.507 e. The highest BCUT2D eigenvalue weighted by Gasteiger charge is 2.17. The van der Waals surface area contributed by atoms with Gasteiger partial charge in [0.2, 0.25) is 0 Å². The Hall–Kier alpha value is -2.56. The van der Waals surface area contributed by atoms with Crippen LogP contribution in [0.15, 0.2) is 50.8 Å². The van der Waals surface area contributed by atoms with Crippen molar-refractivity contribution in [1.82, 2.24) is 0 Å². The van der Waals surface area contributed by atoms with Crippen molar-refractivity contribution >= 4 is 5.71 Å². The first-order valence-electron chi connectivity index (χ1n) is 6.68. The van der Waals surface area contributed by atoms with E-state index in [1.165, 1.54) is 6.07 Å². The van der Waals surface area contributed by atoms with Gasteiger partial charge in [0.15, 0.2) is 0 Å². The molecule has 21 heavy (non-hydrogen) atoms. The molecule has 5 nitrogen and oxygen atoms in total. The summed E-state index contributed by atoms with van der Waals surface area (Å²) in [4.78, 5) is 17.1. The standard InChI is InChI=1S/C16H17NO4/c1-3-20-17-13(10-12-7-5-4-6-8-12)15-14(18)9-11(2)21-16(15)19/h4-9,18H,3,10H2,1-2H3. The van der Waals surface area contributed by atoms with Gasteiger partial charge in [0.1, 0.15) is 29.4 Å². The minimum absolute atomic E-state index is 0.0397. The highest BCUT2D eigenvalue weighted by Crippen LogP contribution is 2.18. The van der Waals surface area contributed by atoms with Crippen molar-refractivity contribution < 1.29 is 14.4 Å².